The normalized spacial score (nSPS) is 11.2. The molecule has 0 aliphatic carbocycles. The van der Waals surface area contributed by atoms with Crippen LogP contribution >= 0.6 is 11.8 Å². The first-order valence-corrected chi connectivity index (χ1v) is 8.53. The first kappa shape index (κ1) is 14.8. The van der Waals surface area contributed by atoms with Gasteiger partial charge >= 0.3 is 0 Å². The number of aryl methyl sites for hydroxylation is 1. The van der Waals surface area contributed by atoms with Crippen LogP contribution in [-0.4, -0.2) is 19.9 Å². The van der Waals surface area contributed by atoms with Crippen LogP contribution in [0.25, 0.3) is 21.9 Å². The third-order valence-corrected chi connectivity index (χ3v) is 4.66. The molecular formula is C18H14N4OS. The van der Waals surface area contributed by atoms with Gasteiger partial charge in [-0.25, -0.2) is 15.0 Å². The Balaban J connectivity index is 1.65. The maximum absolute atomic E-state index is 12.1. The molecule has 0 radical (unpaired) electrons. The van der Waals surface area contributed by atoms with Crippen molar-refractivity contribution in [2.45, 2.75) is 17.8 Å². The molecule has 0 saturated carbocycles. The summed E-state index contributed by atoms with van der Waals surface area (Å²) in [6.07, 6.45) is 0. The Bertz CT molecular complexity index is 1110. The molecule has 0 atom stereocenters. The van der Waals surface area contributed by atoms with E-state index in [1.54, 1.807) is 6.07 Å². The molecule has 2 aromatic heterocycles. The molecule has 0 aliphatic heterocycles. The van der Waals surface area contributed by atoms with Gasteiger partial charge in [0.25, 0.3) is 5.56 Å². The van der Waals surface area contributed by atoms with Crippen LogP contribution in [0.5, 0.6) is 0 Å². The molecule has 6 heteroatoms. The number of aromatic amines is 1. The summed E-state index contributed by atoms with van der Waals surface area (Å²) in [6.45, 7) is 1.95. The van der Waals surface area contributed by atoms with Gasteiger partial charge in [-0.2, -0.15) is 0 Å². The number of thioether (sulfide) groups is 1. The van der Waals surface area contributed by atoms with E-state index in [1.807, 2.05) is 49.4 Å². The van der Waals surface area contributed by atoms with Crippen molar-refractivity contribution in [2.75, 3.05) is 0 Å². The molecule has 0 amide bonds. The summed E-state index contributed by atoms with van der Waals surface area (Å²) < 4.78 is 0. The lowest BCUT2D eigenvalue weighted by molar-refractivity contribution is 0.970. The van der Waals surface area contributed by atoms with Gasteiger partial charge in [-0.05, 0) is 31.2 Å². The Labute approximate surface area is 142 Å². The number of hydrogen-bond acceptors (Lipinski definition) is 5. The topological polar surface area (TPSA) is 71.5 Å². The molecule has 0 saturated heterocycles. The number of fused-ring (bicyclic) bond motifs is 2. The number of benzene rings is 2. The summed E-state index contributed by atoms with van der Waals surface area (Å²) in [6, 6.07) is 15.1. The van der Waals surface area contributed by atoms with Crippen LogP contribution in [0.2, 0.25) is 0 Å². The van der Waals surface area contributed by atoms with Crippen molar-refractivity contribution in [1.29, 1.82) is 0 Å². The van der Waals surface area contributed by atoms with Crippen LogP contribution in [0.4, 0.5) is 0 Å². The van der Waals surface area contributed by atoms with Gasteiger partial charge in [0.05, 0.1) is 33.3 Å². The van der Waals surface area contributed by atoms with Crippen LogP contribution in [-0.2, 0) is 5.75 Å². The van der Waals surface area contributed by atoms with E-state index < -0.39 is 0 Å². The standard InChI is InChI=1S/C18H14N4OS/c1-11-16(20-15-9-5-4-8-14(15)19-11)10-24-18-21-13-7-3-2-6-12(13)17(23)22-18/h2-9H,10H2,1H3,(H,21,22,23). The Kier molecular flexibility index (Phi) is 3.74. The van der Waals surface area contributed by atoms with Crippen molar-refractivity contribution in [3.63, 3.8) is 0 Å². The zero-order valence-electron chi connectivity index (χ0n) is 13.0. The lowest BCUT2D eigenvalue weighted by atomic mass is 10.2. The van der Waals surface area contributed by atoms with Crippen LogP contribution in [0, 0.1) is 6.92 Å². The fourth-order valence-electron chi connectivity index (χ4n) is 2.53. The van der Waals surface area contributed by atoms with Crippen LogP contribution in [0.3, 0.4) is 0 Å². The zero-order valence-corrected chi connectivity index (χ0v) is 13.8. The molecule has 2 heterocycles. The number of aromatic nitrogens is 4. The Morgan fingerprint density at radius 2 is 1.58 bits per heavy atom. The number of rotatable bonds is 3. The van der Waals surface area contributed by atoms with Crippen molar-refractivity contribution >= 4 is 33.7 Å². The van der Waals surface area contributed by atoms with E-state index in [1.165, 1.54) is 11.8 Å². The van der Waals surface area contributed by atoms with E-state index in [2.05, 4.69) is 19.9 Å². The number of nitrogens with zero attached hydrogens (tertiary/aromatic N) is 3. The second-order valence-corrected chi connectivity index (χ2v) is 6.39. The van der Waals surface area contributed by atoms with Gasteiger partial charge in [0.1, 0.15) is 0 Å². The van der Waals surface area contributed by atoms with E-state index >= 15 is 0 Å². The average Bonchev–Trinajstić information content (AvgIpc) is 2.60. The predicted octanol–water partition coefficient (Wildman–Crippen LogP) is 3.47. The molecule has 4 rings (SSSR count). The average molecular weight is 334 g/mol. The Morgan fingerprint density at radius 3 is 2.38 bits per heavy atom. The van der Waals surface area contributed by atoms with Crippen LogP contribution in [0.1, 0.15) is 11.4 Å². The highest BCUT2D eigenvalue weighted by atomic mass is 32.2. The van der Waals surface area contributed by atoms with Gasteiger partial charge in [0.2, 0.25) is 0 Å². The minimum Gasteiger partial charge on any atom is -0.301 e. The first-order chi connectivity index (χ1) is 11.7. The summed E-state index contributed by atoms with van der Waals surface area (Å²) >= 11 is 1.46. The van der Waals surface area contributed by atoms with Gasteiger partial charge in [-0.15, -0.1) is 0 Å². The van der Waals surface area contributed by atoms with Gasteiger partial charge in [0, 0.05) is 5.75 Å². The lowest BCUT2D eigenvalue weighted by Gasteiger charge is -2.06. The van der Waals surface area contributed by atoms with Gasteiger partial charge in [-0.3, -0.25) is 4.79 Å². The van der Waals surface area contributed by atoms with E-state index in [0.717, 1.165) is 22.4 Å². The SMILES string of the molecule is Cc1nc2ccccc2nc1CSc1nc2ccccc2c(=O)[nH]1. The highest BCUT2D eigenvalue weighted by Gasteiger charge is 2.08. The van der Waals surface area contributed by atoms with Crippen molar-refractivity contribution in [3.05, 3.63) is 70.3 Å². The molecule has 0 spiro atoms. The van der Waals surface area contributed by atoms with Crippen molar-refractivity contribution in [3.8, 4) is 0 Å². The van der Waals surface area contributed by atoms with Crippen molar-refractivity contribution < 1.29 is 0 Å². The van der Waals surface area contributed by atoms with Crippen LogP contribution < -0.4 is 5.56 Å². The number of nitrogens with one attached hydrogen (secondary N) is 1. The molecule has 2 aromatic carbocycles. The highest BCUT2D eigenvalue weighted by molar-refractivity contribution is 7.98. The Morgan fingerprint density at radius 1 is 0.917 bits per heavy atom. The zero-order chi connectivity index (χ0) is 16.5. The van der Waals surface area contributed by atoms with Crippen LogP contribution in [0.15, 0.2) is 58.5 Å². The maximum atomic E-state index is 12.1. The highest BCUT2D eigenvalue weighted by Crippen LogP contribution is 2.21. The van der Waals surface area contributed by atoms with Gasteiger partial charge in [-0.1, -0.05) is 36.0 Å². The van der Waals surface area contributed by atoms with Gasteiger partial charge < -0.3 is 4.98 Å². The summed E-state index contributed by atoms with van der Waals surface area (Å²) in [5.74, 6) is 0.602. The van der Waals surface area contributed by atoms with Crippen molar-refractivity contribution in [1.82, 2.24) is 19.9 Å². The summed E-state index contributed by atoms with van der Waals surface area (Å²) in [7, 11) is 0. The minimum absolute atomic E-state index is 0.121. The minimum atomic E-state index is -0.121. The monoisotopic (exact) mass is 334 g/mol. The summed E-state index contributed by atoms with van der Waals surface area (Å²) in [5, 5.41) is 1.19. The van der Waals surface area contributed by atoms with Gasteiger partial charge in [0.15, 0.2) is 5.16 Å². The largest absolute Gasteiger partial charge is 0.301 e. The smallest absolute Gasteiger partial charge is 0.259 e. The maximum Gasteiger partial charge on any atom is 0.259 e. The molecule has 4 aromatic rings. The quantitative estimate of drug-likeness (QED) is 0.459. The molecular weight excluding hydrogens is 320 g/mol. The molecule has 1 N–H and O–H groups in total. The molecule has 5 nitrogen and oxygen atoms in total. The summed E-state index contributed by atoms with van der Waals surface area (Å²) in [5.41, 5.74) is 4.13. The second kappa shape index (κ2) is 6.05. The molecule has 24 heavy (non-hydrogen) atoms. The number of H-pyrrole nitrogens is 1. The third-order valence-electron chi connectivity index (χ3n) is 3.78. The fourth-order valence-corrected chi connectivity index (χ4v) is 3.41. The van der Waals surface area contributed by atoms with E-state index in [0.29, 0.717) is 21.8 Å². The van der Waals surface area contributed by atoms with Crippen molar-refractivity contribution in [2.24, 2.45) is 0 Å². The molecule has 0 fully saturated rings. The fraction of sp³-hybridized carbons (Fsp3) is 0.111. The van der Waals surface area contributed by atoms with E-state index in [4.69, 9.17) is 0 Å². The third kappa shape index (κ3) is 2.76. The predicted molar refractivity (Wildman–Crippen MR) is 96.2 cm³/mol. The number of hydrogen-bond donors (Lipinski definition) is 1. The first-order valence-electron chi connectivity index (χ1n) is 7.55. The number of para-hydroxylation sites is 3. The molecule has 0 aliphatic rings. The lowest BCUT2D eigenvalue weighted by Crippen LogP contribution is -2.09. The second-order valence-electron chi connectivity index (χ2n) is 5.42. The molecule has 0 bridgehead atoms. The Hall–Kier alpha value is -2.73. The molecule has 0 unspecified atom stereocenters. The summed E-state index contributed by atoms with van der Waals surface area (Å²) in [4.78, 5) is 28.7. The van der Waals surface area contributed by atoms with E-state index in [-0.39, 0.29) is 5.56 Å². The van der Waals surface area contributed by atoms with E-state index in [9.17, 15) is 4.79 Å². The molecule has 118 valence electrons.